The predicted octanol–water partition coefficient (Wildman–Crippen LogP) is 4.19. The highest BCUT2D eigenvalue weighted by molar-refractivity contribution is 5.86. The Balaban J connectivity index is 1.98. The van der Waals surface area contributed by atoms with Crippen LogP contribution < -0.4 is 10.1 Å². The van der Waals surface area contributed by atoms with Crippen molar-refractivity contribution in [3.63, 3.8) is 0 Å². The highest BCUT2D eigenvalue weighted by Crippen LogP contribution is 2.29. The average Bonchev–Trinajstić information content (AvgIpc) is 2.47. The van der Waals surface area contributed by atoms with Gasteiger partial charge in [0.1, 0.15) is 5.75 Å². The number of anilines is 1. The second kappa shape index (κ2) is 6.18. The largest absolute Gasteiger partial charge is 0.417 e. The van der Waals surface area contributed by atoms with Crippen LogP contribution in [0.4, 0.5) is 23.7 Å². The van der Waals surface area contributed by atoms with E-state index >= 15 is 0 Å². The summed E-state index contributed by atoms with van der Waals surface area (Å²) in [5.74, 6) is 0.211. The van der Waals surface area contributed by atoms with E-state index in [0.29, 0.717) is 5.56 Å². The molecule has 0 aliphatic heterocycles. The van der Waals surface area contributed by atoms with Crippen molar-refractivity contribution >= 4 is 11.8 Å². The number of benzene rings is 2. The van der Waals surface area contributed by atoms with Gasteiger partial charge in [-0.2, -0.15) is 18.4 Å². The number of hydrogen-bond donors (Lipinski definition) is 1. The van der Waals surface area contributed by atoms with Gasteiger partial charge in [-0.3, -0.25) is 5.32 Å². The van der Waals surface area contributed by atoms with Crippen LogP contribution >= 0.6 is 0 Å². The van der Waals surface area contributed by atoms with Crippen molar-refractivity contribution < 1.29 is 22.7 Å². The maximum Gasteiger partial charge on any atom is 0.417 e. The molecule has 0 heterocycles. The molecule has 22 heavy (non-hydrogen) atoms. The van der Waals surface area contributed by atoms with Gasteiger partial charge in [-0.15, -0.1) is 0 Å². The molecule has 0 saturated heterocycles. The molecule has 2 aromatic rings. The Bertz CT molecular complexity index is 702. The highest BCUT2D eigenvalue weighted by Gasteiger charge is 2.29. The molecule has 0 aliphatic rings. The third kappa shape index (κ3) is 3.99. The molecule has 0 atom stereocenters. The molecule has 0 unspecified atom stereocenters. The first-order valence-corrected chi connectivity index (χ1v) is 6.05. The van der Waals surface area contributed by atoms with E-state index in [1.54, 1.807) is 0 Å². The Kier molecular flexibility index (Phi) is 4.32. The number of ether oxygens (including phenoxy) is 1. The zero-order valence-electron chi connectivity index (χ0n) is 11.0. The van der Waals surface area contributed by atoms with Crippen LogP contribution in [0.1, 0.15) is 11.1 Å². The summed E-state index contributed by atoms with van der Waals surface area (Å²) in [6, 6.07) is 11.7. The smallest absolute Gasteiger partial charge is 0.410 e. The van der Waals surface area contributed by atoms with Crippen LogP contribution in [-0.2, 0) is 6.18 Å². The molecule has 7 heteroatoms. The van der Waals surface area contributed by atoms with Crippen LogP contribution in [0.25, 0.3) is 0 Å². The third-order valence-electron chi connectivity index (χ3n) is 2.65. The van der Waals surface area contributed by atoms with Crippen molar-refractivity contribution in [2.45, 2.75) is 6.18 Å². The summed E-state index contributed by atoms with van der Waals surface area (Å²) < 4.78 is 42.1. The standard InChI is InChI=1S/C15H9F3N2O2/c16-15(17,18)11-3-5-12(6-4-11)20-14(21)22-13-7-1-10(9-19)2-8-13/h1-8H,(H,20,21). The molecule has 2 aromatic carbocycles. The van der Waals surface area contributed by atoms with Crippen molar-refractivity contribution in [3.8, 4) is 11.8 Å². The second-order valence-corrected chi connectivity index (χ2v) is 4.23. The molecule has 1 amide bonds. The van der Waals surface area contributed by atoms with E-state index < -0.39 is 17.8 Å². The zero-order chi connectivity index (χ0) is 16.2. The molecule has 0 fully saturated rings. The van der Waals surface area contributed by atoms with Crippen LogP contribution in [0, 0.1) is 11.3 Å². The fourth-order valence-corrected chi connectivity index (χ4v) is 1.59. The molecule has 0 bridgehead atoms. The van der Waals surface area contributed by atoms with E-state index in [9.17, 15) is 18.0 Å². The Morgan fingerprint density at radius 3 is 2.14 bits per heavy atom. The maximum absolute atomic E-state index is 12.4. The lowest BCUT2D eigenvalue weighted by Gasteiger charge is -2.09. The number of nitrogens with zero attached hydrogens (tertiary/aromatic N) is 1. The lowest BCUT2D eigenvalue weighted by atomic mass is 10.2. The van der Waals surface area contributed by atoms with Crippen LogP contribution in [0.3, 0.4) is 0 Å². The number of alkyl halides is 3. The molecule has 0 saturated carbocycles. The summed E-state index contributed by atoms with van der Waals surface area (Å²) >= 11 is 0. The summed E-state index contributed by atoms with van der Waals surface area (Å²) in [5, 5.41) is 10.9. The number of hydrogen-bond acceptors (Lipinski definition) is 3. The van der Waals surface area contributed by atoms with Gasteiger partial charge in [0, 0.05) is 5.69 Å². The van der Waals surface area contributed by atoms with Crippen LogP contribution in [0.15, 0.2) is 48.5 Å². The Hall–Kier alpha value is -3.01. The highest BCUT2D eigenvalue weighted by atomic mass is 19.4. The molecule has 1 N–H and O–H groups in total. The van der Waals surface area contributed by atoms with Crippen LogP contribution in [-0.4, -0.2) is 6.09 Å². The van der Waals surface area contributed by atoms with Gasteiger partial charge in [-0.25, -0.2) is 4.79 Å². The SMILES string of the molecule is N#Cc1ccc(OC(=O)Nc2ccc(C(F)(F)F)cc2)cc1. The molecule has 0 spiro atoms. The van der Waals surface area contributed by atoms with Crippen molar-refractivity contribution in [2.24, 2.45) is 0 Å². The molecule has 0 aliphatic carbocycles. The lowest BCUT2D eigenvalue weighted by molar-refractivity contribution is -0.137. The molecule has 4 nitrogen and oxygen atoms in total. The van der Waals surface area contributed by atoms with E-state index in [-0.39, 0.29) is 11.4 Å². The Morgan fingerprint density at radius 1 is 1.05 bits per heavy atom. The summed E-state index contributed by atoms with van der Waals surface area (Å²) in [6.45, 7) is 0. The lowest BCUT2D eigenvalue weighted by Crippen LogP contribution is -2.16. The first-order chi connectivity index (χ1) is 10.4. The number of amides is 1. The van der Waals surface area contributed by atoms with Crippen molar-refractivity contribution in [3.05, 3.63) is 59.7 Å². The number of rotatable bonds is 2. The van der Waals surface area contributed by atoms with Gasteiger partial charge in [-0.1, -0.05) is 0 Å². The quantitative estimate of drug-likeness (QED) is 0.905. The summed E-state index contributed by atoms with van der Waals surface area (Å²) in [4.78, 5) is 11.6. The summed E-state index contributed by atoms with van der Waals surface area (Å²) in [6.07, 6.45) is -5.27. The number of nitrogens with one attached hydrogen (secondary N) is 1. The minimum absolute atomic E-state index is 0.173. The van der Waals surface area contributed by atoms with Crippen LogP contribution in [0.2, 0.25) is 0 Å². The molecular weight excluding hydrogens is 297 g/mol. The second-order valence-electron chi connectivity index (χ2n) is 4.23. The first-order valence-electron chi connectivity index (χ1n) is 6.05. The fraction of sp³-hybridized carbons (Fsp3) is 0.0667. The minimum atomic E-state index is -4.43. The van der Waals surface area contributed by atoms with Gasteiger partial charge in [0.2, 0.25) is 0 Å². The predicted molar refractivity (Wildman–Crippen MR) is 72.2 cm³/mol. The number of carbonyl (C=O) groups excluding carboxylic acids is 1. The topological polar surface area (TPSA) is 62.1 Å². The summed E-state index contributed by atoms with van der Waals surface area (Å²) in [7, 11) is 0. The van der Waals surface area contributed by atoms with Gasteiger partial charge >= 0.3 is 12.3 Å². The van der Waals surface area contributed by atoms with Gasteiger partial charge in [0.25, 0.3) is 0 Å². The van der Waals surface area contributed by atoms with E-state index in [2.05, 4.69) is 5.32 Å². The monoisotopic (exact) mass is 306 g/mol. The third-order valence-corrected chi connectivity index (χ3v) is 2.65. The summed E-state index contributed by atoms with van der Waals surface area (Å²) in [5.41, 5.74) is -0.222. The number of nitriles is 1. The first kappa shape index (κ1) is 15.4. The molecule has 2 rings (SSSR count). The van der Waals surface area contributed by atoms with E-state index in [1.165, 1.54) is 24.3 Å². The molecule has 112 valence electrons. The zero-order valence-corrected chi connectivity index (χ0v) is 11.0. The Labute approximate surface area is 123 Å². The molecule has 0 aromatic heterocycles. The fourth-order valence-electron chi connectivity index (χ4n) is 1.59. The normalized spacial score (nSPS) is 10.6. The average molecular weight is 306 g/mol. The minimum Gasteiger partial charge on any atom is -0.410 e. The van der Waals surface area contributed by atoms with Gasteiger partial charge in [0.15, 0.2) is 0 Å². The van der Waals surface area contributed by atoms with Crippen molar-refractivity contribution in [1.29, 1.82) is 5.26 Å². The van der Waals surface area contributed by atoms with Gasteiger partial charge in [-0.05, 0) is 48.5 Å². The Morgan fingerprint density at radius 2 is 1.64 bits per heavy atom. The van der Waals surface area contributed by atoms with Crippen molar-refractivity contribution in [2.75, 3.05) is 5.32 Å². The van der Waals surface area contributed by atoms with E-state index in [4.69, 9.17) is 10.00 Å². The van der Waals surface area contributed by atoms with Crippen LogP contribution in [0.5, 0.6) is 5.75 Å². The van der Waals surface area contributed by atoms with Gasteiger partial charge in [0.05, 0.1) is 17.2 Å². The number of halogens is 3. The molecule has 0 radical (unpaired) electrons. The van der Waals surface area contributed by atoms with Crippen molar-refractivity contribution in [1.82, 2.24) is 0 Å². The van der Waals surface area contributed by atoms with E-state index in [0.717, 1.165) is 24.3 Å². The molecular formula is C15H9F3N2O2. The number of carbonyl (C=O) groups is 1. The maximum atomic E-state index is 12.4. The van der Waals surface area contributed by atoms with Gasteiger partial charge < -0.3 is 4.74 Å². The van der Waals surface area contributed by atoms with E-state index in [1.807, 2.05) is 6.07 Å².